The van der Waals surface area contributed by atoms with E-state index < -0.39 is 0 Å². The maximum Gasteiger partial charge on any atom is 0.317 e. The molecule has 1 atom stereocenters. The Bertz CT molecular complexity index is 939. The van der Waals surface area contributed by atoms with Gasteiger partial charge in [0.25, 0.3) is 0 Å². The third-order valence-electron chi connectivity index (χ3n) is 6.01. The van der Waals surface area contributed by atoms with Crippen molar-refractivity contribution in [2.75, 3.05) is 42.5 Å². The van der Waals surface area contributed by atoms with Gasteiger partial charge in [0.05, 0.1) is 6.04 Å². The molecule has 2 fully saturated rings. The minimum atomic E-state index is -0.252. The molecule has 2 aliphatic rings. The molecule has 30 heavy (non-hydrogen) atoms. The molecule has 2 aliphatic heterocycles. The minimum Gasteiger partial charge on any atom is -0.368 e. The summed E-state index contributed by atoms with van der Waals surface area (Å²) < 4.78 is 13.1. The van der Waals surface area contributed by atoms with E-state index in [0.717, 1.165) is 16.9 Å². The molecular weight excluding hydrogens is 383 g/mol. The van der Waals surface area contributed by atoms with Crippen LogP contribution in [-0.4, -0.2) is 55.6 Å². The molecule has 0 radical (unpaired) electrons. The SMILES string of the molecule is Cc1ccc(N2C[C@H](NC(=O)N3CCN(c4ccc(F)cc4)CC3)CC2=O)cc1C. The molecule has 6 nitrogen and oxygen atoms in total. The van der Waals surface area contributed by atoms with E-state index in [0.29, 0.717) is 39.1 Å². The van der Waals surface area contributed by atoms with Crippen LogP contribution >= 0.6 is 0 Å². The molecule has 0 spiro atoms. The number of rotatable bonds is 3. The highest BCUT2D eigenvalue weighted by molar-refractivity contribution is 5.97. The van der Waals surface area contributed by atoms with E-state index in [1.807, 2.05) is 32.0 Å². The number of carbonyl (C=O) groups excluding carboxylic acids is 2. The maximum absolute atomic E-state index is 13.1. The van der Waals surface area contributed by atoms with Gasteiger partial charge in [-0.25, -0.2) is 9.18 Å². The molecule has 0 aliphatic carbocycles. The van der Waals surface area contributed by atoms with Crippen LogP contribution < -0.4 is 15.1 Å². The Morgan fingerprint density at radius 2 is 1.63 bits per heavy atom. The summed E-state index contributed by atoms with van der Waals surface area (Å²) in [7, 11) is 0. The molecule has 4 rings (SSSR count). The molecule has 3 amide bonds. The van der Waals surface area contributed by atoms with Crippen LogP contribution in [0.4, 0.5) is 20.6 Å². The Kier molecular flexibility index (Phi) is 5.61. The summed E-state index contributed by atoms with van der Waals surface area (Å²) in [4.78, 5) is 30.9. The highest BCUT2D eigenvalue weighted by atomic mass is 19.1. The number of piperazine rings is 1. The molecule has 0 aromatic heterocycles. The van der Waals surface area contributed by atoms with Crippen molar-refractivity contribution in [1.82, 2.24) is 10.2 Å². The second-order valence-corrected chi connectivity index (χ2v) is 8.07. The highest BCUT2D eigenvalue weighted by Crippen LogP contribution is 2.24. The summed E-state index contributed by atoms with van der Waals surface area (Å²) in [5.74, 6) is -0.220. The fraction of sp³-hybridized carbons (Fsp3) is 0.391. The first-order valence-corrected chi connectivity index (χ1v) is 10.3. The number of benzene rings is 2. The van der Waals surface area contributed by atoms with Gasteiger partial charge < -0.3 is 20.0 Å². The van der Waals surface area contributed by atoms with Gasteiger partial charge in [-0.1, -0.05) is 6.07 Å². The third kappa shape index (κ3) is 4.25. The zero-order valence-corrected chi connectivity index (χ0v) is 17.4. The molecule has 0 saturated carbocycles. The highest BCUT2D eigenvalue weighted by Gasteiger charge is 2.33. The number of nitrogens with zero attached hydrogens (tertiary/aromatic N) is 3. The Balaban J connectivity index is 1.31. The van der Waals surface area contributed by atoms with Gasteiger partial charge in [-0.05, 0) is 61.4 Å². The Labute approximate surface area is 176 Å². The van der Waals surface area contributed by atoms with Crippen molar-refractivity contribution in [2.45, 2.75) is 26.3 Å². The Hall–Kier alpha value is -3.09. The van der Waals surface area contributed by atoms with Crippen molar-refractivity contribution in [2.24, 2.45) is 0 Å². The number of halogens is 1. The predicted molar refractivity (Wildman–Crippen MR) is 115 cm³/mol. The molecular formula is C23H27FN4O2. The van der Waals surface area contributed by atoms with Crippen molar-refractivity contribution >= 4 is 23.3 Å². The zero-order chi connectivity index (χ0) is 21.3. The topological polar surface area (TPSA) is 55.9 Å². The molecule has 1 N–H and O–H groups in total. The van der Waals surface area contributed by atoms with Crippen molar-refractivity contribution in [3.05, 3.63) is 59.4 Å². The molecule has 0 bridgehead atoms. The molecule has 7 heteroatoms. The lowest BCUT2D eigenvalue weighted by Gasteiger charge is -2.36. The van der Waals surface area contributed by atoms with E-state index in [1.165, 1.54) is 17.7 Å². The maximum atomic E-state index is 13.1. The summed E-state index contributed by atoms with van der Waals surface area (Å²) in [5, 5.41) is 3.02. The molecule has 2 heterocycles. The quantitative estimate of drug-likeness (QED) is 0.846. The third-order valence-corrected chi connectivity index (χ3v) is 6.01. The van der Waals surface area contributed by atoms with E-state index >= 15 is 0 Å². The number of hydrogen-bond donors (Lipinski definition) is 1. The Morgan fingerprint density at radius 3 is 2.30 bits per heavy atom. The van der Waals surface area contributed by atoms with Gasteiger partial charge in [0, 0.05) is 50.5 Å². The lowest BCUT2D eigenvalue weighted by Crippen LogP contribution is -2.53. The van der Waals surface area contributed by atoms with Gasteiger partial charge in [0.1, 0.15) is 5.82 Å². The number of amides is 3. The van der Waals surface area contributed by atoms with E-state index in [9.17, 15) is 14.0 Å². The summed E-state index contributed by atoms with van der Waals surface area (Å²) in [5.41, 5.74) is 4.18. The van der Waals surface area contributed by atoms with Gasteiger partial charge in [0.15, 0.2) is 0 Å². The summed E-state index contributed by atoms with van der Waals surface area (Å²) in [6.45, 7) is 7.13. The van der Waals surface area contributed by atoms with Gasteiger partial charge in [-0.15, -0.1) is 0 Å². The van der Waals surface area contributed by atoms with Crippen molar-refractivity contribution < 1.29 is 14.0 Å². The lowest BCUT2D eigenvalue weighted by atomic mass is 10.1. The fourth-order valence-corrected chi connectivity index (χ4v) is 4.03. The summed E-state index contributed by atoms with van der Waals surface area (Å²) in [6, 6.07) is 12.1. The van der Waals surface area contributed by atoms with Gasteiger partial charge >= 0.3 is 6.03 Å². The van der Waals surface area contributed by atoms with Crippen LogP contribution in [0.5, 0.6) is 0 Å². The summed E-state index contributed by atoms with van der Waals surface area (Å²) in [6.07, 6.45) is 0.314. The number of carbonyl (C=O) groups is 2. The Morgan fingerprint density at radius 1 is 0.967 bits per heavy atom. The first kappa shape index (κ1) is 20.2. The monoisotopic (exact) mass is 410 g/mol. The average molecular weight is 410 g/mol. The molecule has 2 aromatic rings. The van der Waals surface area contributed by atoms with Gasteiger partial charge in [-0.2, -0.15) is 0 Å². The number of aryl methyl sites for hydroxylation is 2. The fourth-order valence-electron chi connectivity index (χ4n) is 4.03. The molecule has 2 saturated heterocycles. The van der Waals surface area contributed by atoms with E-state index in [1.54, 1.807) is 21.9 Å². The second kappa shape index (κ2) is 8.34. The number of hydrogen-bond acceptors (Lipinski definition) is 3. The van der Waals surface area contributed by atoms with Crippen LogP contribution in [0, 0.1) is 19.7 Å². The molecule has 2 aromatic carbocycles. The van der Waals surface area contributed by atoms with Crippen LogP contribution in [0.1, 0.15) is 17.5 Å². The van der Waals surface area contributed by atoms with Crippen molar-refractivity contribution in [3.8, 4) is 0 Å². The van der Waals surface area contributed by atoms with E-state index in [-0.39, 0.29) is 23.8 Å². The number of nitrogens with one attached hydrogen (secondary N) is 1. The molecule has 0 unspecified atom stereocenters. The van der Waals surface area contributed by atoms with Gasteiger partial charge in [0.2, 0.25) is 5.91 Å². The van der Waals surface area contributed by atoms with Crippen molar-refractivity contribution in [3.63, 3.8) is 0 Å². The first-order valence-electron chi connectivity index (χ1n) is 10.3. The van der Waals surface area contributed by atoms with Crippen LogP contribution in [0.15, 0.2) is 42.5 Å². The first-order chi connectivity index (χ1) is 14.4. The molecule has 158 valence electrons. The van der Waals surface area contributed by atoms with E-state index in [2.05, 4.69) is 10.2 Å². The average Bonchev–Trinajstić information content (AvgIpc) is 3.10. The zero-order valence-electron chi connectivity index (χ0n) is 17.4. The van der Waals surface area contributed by atoms with Gasteiger partial charge in [-0.3, -0.25) is 4.79 Å². The largest absolute Gasteiger partial charge is 0.368 e. The summed E-state index contributed by atoms with van der Waals surface area (Å²) >= 11 is 0. The number of anilines is 2. The predicted octanol–water partition coefficient (Wildman–Crippen LogP) is 3.08. The van der Waals surface area contributed by atoms with Crippen LogP contribution in [-0.2, 0) is 4.79 Å². The normalized spacial score (nSPS) is 19.4. The van der Waals surface area contributed by atoms with Crippen LogP contribution in [0.25, 0.3) is 0 Å². The smallest absolute Gasteiger partial charge is 0.317 e. The standard InChI is InChI=1S/C23H27FN4O2/c1-16-3-6-21(13-17(16)2)28-15-19(14-22(28)29)25-23(30)27-11-9-26(10-12-27)20-7-4-18(24)5-8-20/h3-8,13,19H,9-12,14-15H2,1-2H3,(H,25,30)/t19-/m1/s1. The van der Waals surface area contributed by atoms with Crippen LogP contribution in [0.2, 0.25) is 0 Å². The van der Waals surface area contributed by atoms with Crippen molar-refractivity contribution in [1.29, 1.82) is 0 Å². The lowest BCUT2D eigenvalue weighted by molar-refractivity contribution is -0.117. The number of urea groups is 1. The second-order valence-electron chi connectivity index (χ2n) is 8.07. The van der Waals surface area contributed by atoms with E-state index in [4.69, 9.17) is 0 Å². The van der Waals surface area contributed by atoms with Crippen LogP contribution in [0.3, 0.4) is 0 Å². The minimum absolute atomic E-state index is 0.0321.